The van der Waals surface area contributed by atoms with Crippen LogP contribution in [-0.2, 0) is 6.42 Å². The van der Waals surface area contributed by atoms with E-state index in [0.717, 1.165) is 6.07 Å². The van der Waals surface area contributed by atoms with Crippen molar-refractivity contribution in [2.75, 3.05) is 0 Å². The molecule has 0 aromatic heterocycles. The smallest absolute Gasteiger partial charge is 0.266 e. The quantitative estimate of drug-likeness (QED) is 0.802. The normalized spacial score (nSPS) is 13.3. The van der Waals surface area contributed by atoms with Gasteiger partial charge in [-0.3, -0.25) is 0 Å². The highest BCUT2D eigenvalue weighted by atomic mass is 19.3. The molecule has 0 heterocycles. The molecule has 0 aliphatic heterocycles. The van der Waals surface area contributed by atoms with Crippen molar-refractivity contribution < 1.29 is 13.2 Å². The topological polar surface area (TPSA) is 26.0 Å². The predicted molar refractivity (Wildman–Crippen MR) is 48.7 cm³/mol. The fourth-order valence-corrected chi connectivity index (χ4v) is 1.26. The van der Waals surface area contributed by atoms with Crippen molar-refractivity contribution in [3.8, 4) is 0 Å². The Morgan fingerprint density at radius 2 is 2.00 bits per heavy atom. The maximum absolute atomic E-state index is 12.8. The van der Waals surface area contributed by atoms with Crippen molar-refractivity contribution in [3.63, 3.8) is 0 Å². The molecule has 14 heavy (non-hydrogen) atoms. The van der Waals surface area contributed by atoms with Crippen LogP contribution in [0.2, 0.25) is 0 Å². The highest BCUT2D eigenvalue weighted by Crippen LogP contribution is 2.23. The zero-order chi connectivity index (χ0) is 10.7. The average Bonchev–Trinajstić information content (AvgIpc) is 2.07. The van der Waals surface area contributed by atoms with Gasteiger partial charge < -0.3 is 5.73 Å². The van der Waals surface area contributed by atoms with E-state index >= 15 is 0 Å². The number of hydrogen-bond donors (Lipinski definition) is 1. The summed E-state index contributed by atoms with van der Waals surface area (Å²) in [6.45, 7) is 1.77. The summed E-state index contributed by atoms with van der Waals surface area (Å²) in [5.74, 6) is -0.867. The lowest BCUT2D eigenvalue weighted by Crippen LogP contribution is -2.17. The Morgan fingerprint density at radius 1 is 1.36 bits per heavy atom. The van der Waals surface area contributed by atoms with Crippen LogP contribution in [0.1, 0.15) is 24.5 Å². The van der Waals surface area contributed by atoms with Crippen molar-refractivity contribution in [2.45, 2.75) is 25.8 Å². The summed E-state index contributed by atoms with van der Waals surface area (Å²) in [5.41, 5.74) is 5.59. The van der Waals surface area contributed by atoms with E-state index in [9.17, 15) is 13.2 Å². The molecule has 0 amide bonds. The Kier molecular flexibility index (Phi) is 3.52. The highest BCUT2D eigenvalue weighted by molar-refractivity contribution is 5.26. The standard InChI is InChI=1S/C10H12F3N/c1-6(14)4-7-2-3-9(11)8(5-7)10(12)13/h2-3,5-6,10H,4,14H2,1H3/t6-/m0/s1. The number of nitrogens with two attached hydrogens (primary N) is 1. The van der Waals surface area contributed by atoms with Gasteiger partial charge in [-0.15, -0.1) is 0 Å². The molecule has 2 N–H and O–H groups in total. The lowest BCUT2D eigenvalue weighted by Gasteiger charge is -2.08. The van der Waals surface area contributed by atoms with Gasteiger partial charge >= 0.3 is 0 Å². The van der Waals surface area contributed by atoms with Gasteiger partial charge in [0.15, 0.2) is 0 Å². The van der Waals surface area contributed by atoms with Gasteiger partial charge in [0.05, 0.1) is 5.56 Å². The molecule has 0 bridgehead atoms. The first kappa shape index (κ1) is 11.0. The Hall–Kier alpha value is -1.03. The molecular weight excluding hydrogens is 191 g/mol. The van der Waals surface area contributed by atoms with Gasteiger partial charge in [0.25, 0.3) is 6.43 Å². The molecule has 78 valence electrons. The van der Waals surface area contributed by atoms with Crippen LogP contribution in [0.15, 0.2) is 18.2 Å². The lowest BCUT2D eigenvalue weighted by molar-refractivity contribution is 0.146. The molecule has 0 saturated carbocycles. The van der Waals surface area contributed by atoms with Crippen LogP contribution >= 0.6 is 0 Å². The van der Waals surface area contributed by atoms with Crippen LogP contribution < -0.4 is 5.73 Å². The molecule has 0 aliphatic rings. The first-order valence-electron chi connectivity index (χ1n) is 4.32. The number of halogens is 3. The molecule has 0 unspecified atom stereocenters. The molecular formula is C10H12F3N. The number of hydrogen-bond acceptors (Lipinski definition) is 1. The van der Waals surface area contributed by atoms with Crippen LogP contribution in [0, 0.1) is 5.82 Å². The summed E-state index contributed by atoms with van der Waals surface area (Å²) in [6, 6.07) is 3.58. The summed E-state index contributed by atoms with van der Waals surface area (Å²) in [7, 11) is 0. The monoisotopic (exact) mass is 203 g/mol. The Bertz CT molecular complexity index is 310. The molecule has 1 rings (SSSR count). The Balaban J connectivity index is 2.94. The number of benzene rings is 1. The second kappa shape index (κ2) is 4.46. The van der Waals surface area contributed by atoms with Gasteiger partial charge in [0, 0.05) is 6.04 Å². The van der Waals surface area contributed by atoms with E-state index in [0.29, 0.717) is 12.0 Å². The summed E-state index contributed by atoms with van der Waals surface area (Å²) < 4.78 is 37.4. The third kappa shape index (κ3) is 2.73. The van der Waals surface area contributed by atoms with E-state index < -0.39 is 17.8 Å². The Labute approximate surface area is 80.7 Å². The molecule has 0 aliphatic carbocycles. The third-order valence-electron chi connectivity index (χ3n) is 1.85. The van der Waals surface area contributed by atoms with Gasteiger partial charge in [-0.2, -0.15) is 0 Å². The van der Waals surface area contributed by atoms with Crippen molar-refractivity contribution in [3.05, 3.63) is 35.1 Å². The minimum Gasteiger partial charge on any atom is -0.328 e. The van der Waals surface area contributed by atoms with E-state index in [1.807, 2.05) is 0 Å². The largest absolute Gasteiger partial charge is 0.328 e. The van der Waals surface area contributed by atoms with Crippen molar-refractivity contribution in [1.82, 2.24) is 0 Å². The van der Waals surface area contributed by atoms with Crippen molar-refractivity contribution >= 4 is 0 Å². The fraction of sp³-hybridized carbons (Fsp3) is 0.400. The van der Waals surface area contributed by atoms with E-state index in [4.69, 9.17) is 5.73 Å². The minimum absolute atomic E-state index is 0.119. The van der Waals surface area contributed by atoms with E-state index in [1.54, 1.807) is 6.92 Å². The van der Waals surface area contributed by atoms with Crippen LogP contribution in [-0.4, -0.2) is 6.04 Å². The van der Waals surface area contributed by atoms with Crippen molar-refractivity contribution in [1.29, 1.82) is 0 Å². The molecule has 4 heteroatoms. The zero-order valence-corrected chi connectivity index (χ0v) is 7.81. The van der Waals surface area contributed by atoms with E-state index in [-0.39, 0.29) is 6.04 Å². The molecule has 0 fully saturated rings. The molecule has 1 aromatic carbocycles. The second-order valence-electron chi connectivity index (χ2n) is 3.34. The minimum atomic E-state index is -2.77. The number of alkyl halides is 2. The molecule has 1 nitrogen and oxygen atoms in total. The van der Waals surface area contributed by atoms with Crippen LogP contribution in [0.3, 0.4) is 0 Å². The third-order valence-corrected chi connectivity index (χ3v) is 1.85. The molecule has 1 aromatic rings. The first-order chi connectivity index (χ1) is 6.50. The average molecular weight is 203 g/mol. The van der Waals surface area contributed by atoms with Gasteiger partial charge in [-0.25, -0.2) is 13.2 Å². The molecule has 1 atom stereocenters. The molecule has 0 spiro atoms. The molecule has 0 saturated heterocycles. The first-order valence-corrected chi connectivity index (χ1v) is 4.32. The summed E-state index contributed by atoms with van der Waals surface area (Å²) in [5, 5.41) is 0. The zero-order valence-electron chi connectivity index (χ0n) is 7.81. The summed E-state index contributed by atoms with van der Waals surface area (Å²) >= 11 is 0. The maximum atomic E-state index is 12.8. The van der Waals surface area contributed by atoms with Gasteiger partial charge in [0.1, 0.15) is 5.82 Å². The van der Waals surface area contributed by atoms with Crippen LogP contribution in [0.4, 0.5) is 13.2 Å². The highest BCUT2D eigenvalue weighted by Gasteiger charge is 2.13. The van der Waals surface area contributed by atoms with Crippen molar-refractivity contribution in [2.24, 2.45) is 5.73 Å². The van der Waals surface area contributed by atoms with Gasteiger partial charge in [-0.1, -0.05) is 6.07 Å². The lowest BCUT2D eigenvalue weighted by atomic mass is 10.0. The molecule has 0 radical (unpaired) electrons. The fourth-order valence-electron chi connectivity index (χ4n) is 1.26. The van der Waals surface area contributed by atoms with Crippen LogP contribution in [0.5, 0.6) is 0 Å². The van der Waals surface area contributed by atoms with E-state index in [2.05, 4.69) is 0 Å². The Morgan fingerprint density at radius 3 is 2.50 bits per heavy atom. The van der Waals surface area contributed by atoms with Gasteiger partial charge in [0.2, 0.25) is 0 Å². The SMILES string of the molecule is C[C@H](N)Cc1ccc(F)c(C(F)F)c1. The predicted octanol–water partition coefficient (Wildman–Crippen LogP) is 2.65. The summed E-state index contributed by atoms with van der Waals surface area (Å²) in [4.78, 5) is 0. The second-order valence-corrected chi connectivity index (χ2v) is 3.34. The van der Waals surface area contributed by atoms with Gasteiger partial charge in [-0.05, 0) is 31.0 Å². The maximum Gasteiger partial charge on any atom is 0.266 e. The van der Waals surface area contributed by atoms with E-state index in [1.165, 1.54) is 12.1 Å². The summed E-state index contributed by atoms with van der Waals surface area (Å²) in [6.07, 6.45) is -2.30. The number of rotatable bonds is 3. The van der Waals surface area contributed by atoms with Crippen LogP contribution in [0.25, 0.3) is 0 Å².